The topological polar surface area (TPSA) is 109 Å². The number of unbranched alkanes of at least 4 members (excludes halogenated alkanes) is 2. The smallest absolute Gasteiger partial charge is 0.344 e. The van der Waals surface area contributed by atoms with Crippen molar-refractivity contribution in [2.24, 2.45) is 0 Å². The Kier molecular flexibility index (Phi) is 11.8. The van der Waals surface area contributed by atoms with Crippen molar-refractivity contribution in [3.05, 3.63) is 88.3 Å². The van der Waals surface area contributed by atoms with Gasteiger partial charge in [-0.15, -0.1) is 0 Å². The summed E-state index contributed by atoms with van der Waals surface area (Å²) in [7, 11) is 0. The van der Waals surface area contributed by atoms with E-state index in [1.54, 1.807) is 45.0 Å². The normalized spacial score (nSPS) is 10.7. The number of carbonyl (C=O) groups is 3. The molecule has 0 spiro atoms. The molecule has 2 aromatic carbocycles. The Morgan fingerprint density at radius 1 is 0.810 bits per heavy atom. The van der Waals surface area contributed by atoms with Crippen LogP contribution in [0.4, 0.5) is 0 Å². The predicted molar refractivity (Wildman–Crippen MR) is 161 cm³/mol. The van der Waals surface area contributed by atoms with E-state index >= 15 is 0 Å². The zero-order valence-electron chi connectivity index (χ0n) is 24.6. The molecule has 3 aromatic rings. The van der Waals surface area contributed by atoms with Gasteiger partial charge in [0, 0.05) is 23.0 Å². The highest BCUT2D eigenvalue weighted by atomic mass is 16.5. The SMILES string of the molecule is C=C(C)C(=O)OCCCCc1cc(CCCCOC(=O)CC)c2oc(=O)c(-c3ccc(OC(=O)C(=C)C)cc3)cc2c1. The third-order valence-corrected chi connectivity index (χ3v) is 6.53. The molecular weight excluding hydrogens is 536 g/mol. The summed E-state index contributed by atoms with van der Waals surface area (Å²) in [6, 6.07) is 12.5. The molecule has 0 aliphatic carbocycles. The van der Waals surface area contributed by atoms with Gasteiger partial charge in [-0.1, -0.05) is 38.3 Å². The number of benzene rings is 2. The van der Waals surface area contributed by atoms with E-state index in [0.29, 0.717) is 66.9 Å². The molecule has 1 aromatic heterocycles. The van der Waals surface area contributed by atoms with Gasteiger partial charge < -0.3 is 18.6 Å². The molecule has 0 N–H and O–H groups in total. The number of hydrogen-bond acceptors (Lipinski definition) is 8. The van der Waals surface area contributed by atoms with Gasteiger partial charge in [-0.25, -0.2) is 14.4 Å². The molecular formula is C34H38O8. The van der Waals surface area contributed by atoms with Gasteiger partial charge in [0.1, 0.15) is 11.3 Å². The van der Waals surface area contributed by atoms with E-state index in [9.17, 15) is 19.2 Å². The van der Waals surface area contributed by atoms with Crippen LogP contribution in [0.1, 0.15) is 64.0 Å². The van der Waals surface area contributed by atoms with Gasteiger partial charge >= 0.3 is 23.5 Å². The van der Waals surface area contributed by atoms with Crippen molar-refractivity contribution in [1.82, 2.24) is 0 Å². The van der Waals surface area contributed by atoms with Gasteiger partial charge in [0.05, 0.1) is 18.8 Å². The second-order valence-electron chi connectivity index (χ2n) is 10.2. The molecule has 42 heavy (non-hydrogen) atoms. The summed E-state index contributed by atoms with van der Waals surface area (Å²) in [5.74, 6) is -0.792. The third kappa shape index (κ3) is 9.29. The maximum absolute atomic E-state index is 13.1. The molecule has 0 aliphatic heterocycles. The zero-order valence-corrected chi connectivity index (χ0v) is 24.6. The van der Waals surface area contributed by atoms with Gasteiger partial charge in [-0.05, 0) is 93.3 Å². The molecule has 0 radical (unpaired) electrons. The molecule has 0 amide bonds. The highest BCUT2D eigenvalue weighted by Gasteiger charge is 2.14. The monoisotopic (exact) mass is 574 g/mol. The van der Waals surface area contributed by atoms with Gasteiger partial charge in [0.2, 0.25) is 0 Å². The van der Waals surface area contributed by atoms with Crippen molar-refractivity contribution in [2.45, 2.75) is 65.7 Å². The van der Waals surface area contributed by atoms with Crippen molar-refractivity contribution >= 4 is 28.9 Å². The lowest BCUT2D eigenvalue weighted by molar-refractivity contribution is -0.143. The minimum Gasteiger partial charge on any atom is -0.466 e. The molecule has 0 saturated carbocycles. The molecule has 8 nitrogen and oxygen atoms in total. The van der Waals surface area contributed by atoms with Crippen molar-refractivity contribution in [3.8, 4) is 16.9 Å². The first kappa shape index (κ1) is 32.1. The van der Waals surface area contributed by atoms with Crippen molar-refractivity contribution < 1.29 is 33.0 Å². The van der Waals surface area contributed by atoms with Crippen LogP contribution in [0.3, 0.4) is 0 Å². The summed E-state index contributed by atoms with van der Waals surface area (Å²) in [5, 5.41) is 0.793. The van der Waals surface area contributed by atoms with Crippen LogP contribution in [-0.2, 0) is 36.7 Å². The van der Waals surface area contributed by atoms with E-state index in [-0.39, 0.29) is 11.5 Å². The first-order valence-electron chi connectivity index (χ1n) is 14.1. The lowest BCUT2D eigenvalue weighted by Crippen LogP contribution is -2.08. The van der Waals surface area contributed by atoms with Gasteiger partial charge in [0.15, 0.2) is 0 Å². The lowest BCUT2D eigenvalue weighted by Gasteiger charge is -2.12. The lowest BCUT2D eigenvalue weighted by atomic mass is 9.97. The number of rotatable bonds is 15. The van der Waals surface area contributed by atoms with E-state index in [1.807, 2.05) is 18.2 Å². The molecule has 0 saturated heterocycles. The van der Waals surface area contributed by atoms with Crippen molar-refractivity contribution in [2.75, 3.05) is 13.2 Å². The fourth-order valence-electron chi connectivity index (χ4n) is 4.23. The quantitative estimate of drug-likeness (QED) is 0.0652. The number of esters is 3. The van der Waals surface area contributed by atoms with Crippen molar-refractivity contribution in [1.29, 1.82) is 0 Å². The van der Waals surface area contributed by atoms with Gasteiger partial charge in [-0.3, -0.25) is 4.79 Å². The first-order valence-corrected chi connectivity index (χ1v) is 14.1. The summed E-state index contributed by atoms with van der Waals surface area (Å²) < 4.78 is 21.5. The number of carbonyl (C=O) groups excluding carboxylic acids is 3. The third-order valence-electron chi connectivity index (χ3n) is 6.53. The molecule has 0 fully saturated rings. The Bertz CT molecular complexity index is 1510. The Hall–Kier alpha value is -4.46. The highest BCUT2D eigenvalue weighted by Crippen LogP contribution is 2.28. The summed E-state index contributed by atoms with van der Waals surface area (Å²) in [4.78, 5) is 48.0. The molecule has 8 heteroatoms. The minimum absolute atomic E-state index is 0.225. The van der Waals surface area contributed by atoms with Crippen LogP contribution in [0.25, 0.3) is 22.1 Å². The average molecular weight is 575 g/mol. The van der Waals surface area contributed by atoms with E-state index in [0.717, 1.165) is 35.8 Å². The Labute approximate surface area is 246 Å². The number of ether oxygens (including phenoxy) is 3. The Balaban J connectivity index is 1.83. The minimum atomic E-state index is -0.523. The summed E-state index contributed by atoms with van der Waals surface area (Å²) in [5.41, 5.74) is 3.71. The molecule has 222 valence electrons. The molecule has 3 rings (SSSR count). The van der Waals surface area contributed by atoms with E-state index in [1.165, 1.54) is 0 Å². The van der Waals surface area contributed by atoms with Crippen LogP contribution >= 0.6 is 0 Å². The Morgan fingerprint density at radius 2 is 1.45 bits per heavy atom. The number of aryl methyl sites for hydroxylation is 2. The van der Waals surface area contributed by atoms with Crippen molar-refractivity contribution in [3.63, 3.8) is 0 Å². The van der Waals surface area contributed by atoms with Crippen LogP contribution in [0.2, 0.25) is 0 Å². The van der Waals surface area contributed by atoms with Gasteiger partial charge in [0.25, 0.3) is 0 Å². The fourth-order valence-corrected chi connectivity index (χ4v) is 4.23. The maximum atomic E-state index is 13.1. The molecule has 0 atom stereocenters. The average Bonchev–Trinajstić information content (AvgIpc) is 2.96. The highest BCUT2D eigenvalue weighted by molar-refractivity contribution is 5.89. The Morgan fingerprint density at radius 3 is 2.10 bits per heavy atom. The van der Waals surface area contributed by atoms with Crippen LogP contribution in [0, 0.1) is 0 Å². The van der Waals surface area contributed by atoms with Gasteiger partial charge in [-0.2, -0.15) is 0 Å². The second kappa shape index (κ2) is 15.5. The van der Waals surface area contributed by atoms with E-state index in [2.05, 4.69) is 13.2 Å². The number of hydrogen-bond donors (Lipinski definition) is 0. The van der Waals surface area contributed by atoms with E-state index < -0.39 is 17.6 Å². The number of fused-ring (bicyclic) bond motifs is 1. The second-order valence-corrected chi connectivity index (χ2v) is 10.2. The maximum Gasteiger partial charge on any atom is 0.344 e. The summed E-state index contributed by atoms with van der Waals surface area (Å²) in [6.45, 7) is 12.8. The fraction of sp³-hybridized carbons (Fsp3) is 0.353. The molecule has 0 unspecified atom stereocenters. The van der Waals surface area contributed by atoms with Crippen LogP contribution < -0.4 is 10.4 Å². The standard InChI is InChI=1S/C34H38O8/c1-6-30(35)39-17-10-8-12-26-19-24(11-7-9-18-40-32(36)22(2)3)20-27-21-29(34(38)42-31(26)27)25-13-15-28(16-14-25)41-33(37)23(4)5/h13-16,19-21H,2,4,6-12,17-18H2,1,3,5H3. The first-order chi connectivity index (χ1) is 20.1. The molecule has 1 heterocycles. The largest absolute Gasteiger partial charge is 0.466 e. The molecule has 0 bridgehead atoms. The summed E-state index contributed by atoms with van der Waals surface area (Å²) >= 11 is 0. The zero-order chi connectivity index (χ0) is 30.6. The van der Waals surface area contributed by atoms with E-state index in [4.69, 9.17) is 18.6 Å². The van der Waals surface area contributed by atoms with Crippen LogP contribution in [0.5, 0.6) is 5.75 Å². The summed E-state index contributed by atoms with van der Waals surface area (Å²) in [6.07, 6.45) is 4.68. The molecule has 0 aliphatic rings. The predicted octanol–water partition coefficient (Wildman–Crippen LogP) is 6.66. The van der Waals surface area contributed by atoms with Crippen LogP contribution in [0.15, 0.2) is 76.0 Å². The van der Waals surface area contributed by atoms with Crippen LogP contribution in [-0.4, -0.2) is 31.1 Å².